The number of fused-ring (bicyclic) bond motifs is 32. The summed E-state index contributed by atoms with van der Waals surface area (Å²) in [5.41, 5.74) is 32.6. The average Bonchev–Trinajstić information content (AvgIpc) is 1.49. The van der Waals surface area contributed by atoms with Crippen molar-refractivity contribution in [1.82, 2.24) is 0 Å². The fourth-order valence-electron chi connectivity index (χ4n) is 22.5. The molecule has 2 spiro atoms. The predicted molar refractivity (Wildman–Crippen MR) is 516 cm³/mol. The molecule has 0 saturated heterocycles. The highest BCUT2D eigenvalue weighted by molar-refractivity contribution is 6.22. The lowest BCUT2D eigenvalue weighted by Gasteiger charge is -2.45. The van der Waals surface area contributed by atoms with E-state index in [0.717, 1.165) is 139 Å². The van der Waals surface area contributed by atoms with Crippen LogP contribution in [0.25, 0.3) is 120 Å². The smallest absolute Gasteiger partial charge is 0.159 e. The minimum atomic E-state index is -0.871. The molecule has 586 valence electrons. The zero-order valence-electron chi connectivity index (χ0n) is 68.6. The molecule has 4 aliphatic rings. The lowest BCUT2D eigenvalue weighted by Crippen LogP contribution is -2.36. The Bertz CT molecular complexity index is 8480. The van der Waals surface area contributed by atoms with Crippen molar-refractivity contribution in [2.24, 2.45) is 0 Å². The molecule has 2 aliphatic heterocycles. The number of nitriles is 2. The first-order valence-corrected chi connectivity index (χ1v) is 43.1. The van der Waals surface area contributed by atoms with Crippen LogP contribution < -0.4 is 19.6 Å². The van der Waals surface area contributed by atoms with Crippen molar-refractivity contribution < 1.29 is 8.83 Å². The molecule has 26 rings (SSSR count). The molecule has 20 aromatic carbocycles. The van der Waals surface area contributed by atoms with Gasteiger partial charge in [0.2, 0.25) is 0 Å². The lowest BCUT2D eigenvalue weighted by molar-refractivity contribution is 0.667. The summed E-state index contributed by atoms with van der Waals surface area (Å²) in [5, 5.41) is 34.0. The van der Waals surface area contributed by atoms with Crippen LogP contribution in [0.5, 0.6) is 0 Å². The summed E-state index contributed by atoms with van der Waals surface area (Å²) in [4.78, 5) is 9.80. The predicted octanol–water partition coefficient (Wildman–Crippen LogP) is 31.4. The highest BCUT2D eigenvalue weighted by Crippen LogP contribution is 2.70. The van der Waals surface area contributed by atoms with Gasteiger partial charge in [-0.2, -0.15) is 10.5 Å². The molecule has 0 amide bonds. The van der Waals surface area contributed by atoms with Gasteiger partial charge in [0, 0.05) is 55.1 Å². The average molecular weight is 1610 g/mol. The summed E-state index contributed by atoms with van der Waals surface area (Å²) in [6.45, 7) is 4.34. The van der Waals surface area contributed by atoms with Crippen LogP contribution in [-0.4, -0.2) is 0 Å². The van der Waals surface area contributed by atoms with Gasteiger partial charge in [0.25, 0.3) is 0 Å². The fourth-order valence-corrected chi connectivity index (χ4v) is 22.5. The van der Waals surface area contributed by atoms with Gasteiger partial charge >= 0.3 is 0 Å². The number of anilines is 12. The number of hydrogen-bond acceptors (Lipinski definition) is 8. The van der Waals surface area contributed by atoms with Gasteiger partial charge in [0.1, 0.15) is 12.1 Å². The van der Waals surface area contributed by atoms with Gasteiger partial charge in [-0.1, -0.05) is 297 Å². The van der Waals surface area contributed by atoms with E-state index in [1.54, 1.807) is 0 Å². The molecule has 22 aromatic rings. The first-order chi connectivity index (χ1) is 62.3. The van der Waals surface area contributed by atoms with Crippen LogP contribution in [0, 0.1) is 36.5 Å². The molecule has 0 atom stereocenters. The third-order valence-electron chi connectivity index (χ3n) is 27.6. The highest BCUT2D eigenvalue weighted by Gasteiger charge is 2.56. The maximum Gasteiger partial charge on any atom is 0.159 e. The van der Waals surface area contributed by atoms with Crippen molar-refractivity contribution in [2.75, 3.05) is 19.6 Å². The van der Waals surface area contributed by atoms with Gasteiger partial charge < -0.3 is 28.4 Å². The molecular formula is C118H72N6O2. The lowest BCUT2D eigenvalue weighted by atomic mass is 9.64. The van der Waals surface area contributed by atoms with Crippen LogP contribution in [0.2, 0.25) is 0 Å². The number of para-hydroxylation sites is 10. The van der Waals surface area contributed by atoms with Crippen LogP contribution in [0.4, 0.5) is 68.2 Å². The Morgan fingerprint density at radius 3 is 1.17 bits per heavy atom. The number of nitrogens with zero attached hydrogens (tertiary/aromatic N) is 6. The van der Waals surface area contributed by atoms with Crippen LogP contribution in [0.1, 0.15) is 66.8 Å². The zero-order valence-corrected chi connectivity index (χ0v) is 68.6. The summed E-state index contributed by atoms with van der Waals surface area (Å²) < 4.78 is 14.2. The van der Waals surface area contributed by atoms with Crippen molar-refractivity contribution in [3.05, 3.63) is 467 Å². The molecule has 0 bridgehead atoms. The van der Waals surface area contributed by atoms with E-state index >= 15 is 0 Å². The summed E-state index contributed by atoms with van der Waals surface area (Å²) in [5.74, 6) is 0. The van der Waals surface area contributed by atoms with Crippen molar-refractivity contribution in [3.63, 3.8) is 0 Å². The zero-order chi connectivity index (χ0) is 83.4. The second-order valence-corrected chi connectivity index (χ2v) is 33.9. The topological polar surface area (TPSA) is 86.8 Å². The number of rotatable bonds is 9. The summed E-state index contributed by atoms with van der Waals surface area (Å²) in [7, 11) is 0. The first-order valence-electron chi connectivity index (χ1n) is 43.1. The monoisotopic (exact) mass is 1600 g/mol. The van der Waals surface area contributed by atoms with Gasteiger partial charge in [-0.3, -0.25) is 0 Å². The minimum absolute atomic E-state index is 0.486. The van der Waals surface area contributed by atoms with Gasteiger partial charge in [-0.05, 0) is 239 Å². The number of hydrogen-bond donors (Lipinski definition) is 0. The Morgan fingerprint density at radius 1 is 0.254 bits per heavy atom. The normalized spacial score (nSPS) is 13.4. The Labute approximate surface area is 726 Å². The van der Waals surface area contributed by atoms with E-state index in [4.69, 9.17) is 8.83 Å². The van der Waals surface area contributed by atoms with E-state index in [1.165, 1.54) is 82.9 Å². The van der Waals surface area contributed by atoms with Crippen LogP contribution in [0.3, 0.4) is 0 Å². The fraction of sp³-hybridized carbons (Fsp3) is 0.0339. The number of benzene rings is 20. The third-order valence-corrected chi connectivity index (χ3v) is 27.6. The number of aryl methyl sites for hydroxylation is 2. The van der Waals surface area contributed by atoms with Gasteiger partial charge in [-0.25, -0.2) is 0 Å². The summed E-state index contributed by atoms with van der Waals surface area (Å²) >= 11 is 0. The molecular weight excluding hydrogens is 1530 g/mol. The second kappa shape index (κ2) is 26.9. The molecule has 4 heterocycles. The van der Waals surface area contributed by atoms with E-state index in [-0.39, 0.29) is 0 Å². The van der Waals surface area contributed by atoms with Crippen LogP contribution in [-0.2, 0) is 10.8 Å². The van der Waals surface area contributed by atoms with Crippen molar-refractivity contribution in [2.45, 2.75) is 24.7 Å². The van der Waals surface area contributed by atoms with E-state index in [9.17, 15) is 10.5 Å². The Hall–Kier alpha value is -16.8. The molecule has 0 radical (unpaired) electrons. The number of furan rings is 2. The third kappa shape index (κ3) is 9.64. The quantitative estimate of drug-likeness (QED) is 0.141. The summed E-state index contributed by atoms with van der Waals surface area (Å²) in [6, 6.07) is 152. The van der Waals surface area contributed by atoms with Crippen LogP contribution in [0.15, 0.2) is 409 Å². The maximum atomic E-state index is 10.7. The van der Waals surface area contributed by atoms with Crippen molar-refractivity contribution >= 4 is 155 Å². The van der Waals surface area contributed by atoms with Crippen molar-refractivity contribution in [3.8, 4) is 45.5 Å². The van der Waals surface area contributed by atoms with E-state index in [0.29, 0.717) is 33.5 Å². The molecule has 126 heavy (non-hydrogen) atoms. The SMILES string of the molecule is Cc1ccc(N(c2cc3c(c4cc(-c5ccc(N6c7ccccc7C7(c8ccccc86)c6ccc8ccccc8c6-c6c7cc(N(c7ccccc7C)c7cccc8c7oc7c(C#N)cccc78)c7ccccc67)cc5)ccc24)-c2c(ccc4ccccc24)C32c3ccccc3N(c3ccccc3)c3ccccc32)c2cccc3c2oc2c(C#N)cccc23)cc1. The van der Waals surface area contributed by atoms with Gasteiger partial charge in [0.05, 0.1) is 67.5 Å². The Balaban J connectivity index is 0.702. The van der Waals surface area contributed by atoms with Crippen LogP contribution >= 0.6 is 0 Å². The van der Waals surface area contributed by atoms with Gasteiger partial charge in [0.15, 0.2) is 22.3 Å². The van der Waals surface area contributed by atoms with Gasteiger partial charge in [-0.15, -0.1) is 0 Å². The largest absolute Gasteiger partial charge is 0.452 e. The molecule has 0 saturated carbocycles. The molecule has 0 fully saturated rings. The molecule has 8 heteroatoms. The van der Waals surface area contributed by atoms with E-state index in [1.807, 2.05) is 24.3 Å². The first kappa shape index (κ1) is 71.0. The van der Waals surface area contributed by atoms with Crippen molar-refractivity contribution in [1.29, 1.82) is 10.5 Å². The summed E-state index contributed by atoms with van der Waals surface area (Å²) in [6.07, 6.45) is 0. The Morgan fingerprint density at radius 2 is 0.643 bits per heavy atom. The Kier molecular flexibility index (Phi) is 15.1. The molecule has 0 unspecified atom stereocenters. The second-order valence-electron chi connectivity index (χ2n) is 33.9. The maximum absolute atomic E-state index is 10.7. The molecule has 0 N–H and O–H groups in total. The van der Waals surface area contributed by atoms with E-state index < -0.39 is 10.8 Å². The molecule has 2 aliphatic carbocycles. The highest BCUT2D eigenvalue weighted by atomic mass is 16.3. The minimum Gasteiger partial charge on any atom is -0.452 e. The molecule has 2 aromatic heterocycles. The van der Waals surface area contributed by atoms with E-state index in [2.05, 4.69) is 422 Å². The standard InChI is InChI=1S/C118H72N6O2/c1-71-52-59-80(60-53-71)123(105-50-24-39-89-87-37-22-29-77(69-119)113(87)125-115(89)105)107-67-99-112(110-83-34-10-8-28-75(83)58-65-97(110)118(99)92-41-13-18-46-101(92)121(79-31-4-3-5-32-79)102-47-19-14-42-93(102)118)91-66-76(56-63-85(91)107)73-54-61-81(62-55-73)122-103-48-20-15-43-94(103)117(95-44-16-21-49-104(95)122)96-64-57-74-27-7-9-33-82(74)109(96)111-86-36-12-11-35-84(86)108(68-98(111)117)124(100-45-17-6-26-72(100)2)106-51-25-40-90-88-38-23-30-78(70-120)114(88)126-116(90)106/h3-68H,1-2H3. The molecule has 8 nitrogen and oxygen atoms in total.